The van der Waals surface area contributed by atoms with E-state index in [1.54, 1.807) is 18.2 Å². The van der Waals surface area contributed by atoms with Crippen molar-refractivity contribution in [1.82, 2.24) is 4.98 Å². The Bertz CT molecular complexity index is 884. The molecule has 0 saturated carbocycles. The lowest BCUT2D eigenvalue weighted by atomic mass is 10.1. The van der Waals surface area contributed by atoms with Crippen LogP contribution in [-0.2, 0) is 4.79 Å². The van der Waals surface area contributed by atoms with Crippen LogP contribution in [0.3, 0.4) is 0 Å². The summed E-state index contributed by atoms with van der Waals surface area (Å²) < 4.78 is 3.76. The van der Waals surface area contributed by atoms with Crippen molar-refractivity contribution in [3.05, 3.63) is 48.0 Å². The van der Waals surface area contributed by atoms with Crippen LogP contribution in [0.5, 0.6) is 0 Å². The van der Waals surface area contributed by atoms with Crippen LogP contribution in [0.2, 0.25) is 0 Å². The Morgan fingerprint density at radius 2 is 1.91 bits per heavy atom. The second kappa shape index (κ2) is 6.04. The smallest absolute Gasteiger partial charge is 0.276 e. The molecule has 0 fully saturated rings. The third kappa shape index (κ3) is 3.44. The van der Waals surface area contributed by atoms with Crippen molar-refractivity contribution in [2.75, 3.05) is 5.32 Å². The molecule has 1 N–H and O–H groups in total. The van der Waals surface area contributed by atoms with E-state index < -0.39 is 9.70 Å². The predicted molar refractivity (Wildman–Crippen MR) is 93.1 cm³/mol. The first-order valence-corrected chi connectivity index (χ1v) is 7.83. The Morgan fingerprint density at radius 3 is 2.61 bits per heavy atom. The van der Waals surface area contributed by atoms with Crippen LogP contribution < -0.4 is 5.32 Å². The number of carbonyl (C=O) groups is 1. The lowest BCUT2D eigenvalue weighted by Gasteiger charge is -2.10. The summed E-state index contributed by atoms with van der Waals surface area (Å²) in [6.07, 6.45) is 0. The first-order valence-electron chi connectivity index (χ1n) is 6.69. The highest BCUT2D eigenvalue weighted by Crippen LogP contribution is 2.30. The molecule has 0 bridgehead atoms. The Labute approximate surface area is 147 Å². The number of anilines is 1. The van der Waals surface area contributed by atoms with Gasteiger partial charge in [-0.2, -0.15) is 0 Å². The van der Waals surface area contributed by atoms with Gasteiger partial charge in [0.15, 0.2) is 5.58 Å². The highest BCUT2D eigenvalue weighted by molar-refractivity contribution is 6.76. The molecule has 1 aromatic heterocycles. The van der Waals surface area contributed by atoms with E-state index in [2.05, 4.69) is 10.3 Å². The monoisotopic (exact) mass is 368 g/mol. The van der Waals surface area contributed by atoms with Gasteiger partial charge in [0, 0.05) is 17.3 Å². The molecule has 4 nitrogen and oxygen atoms in total. The molecule has 0 radical (unpaired) electrons. The molecule has 7 heteroatoms. The van der Waals surface area contributed by atoms with E-state index in [-0.39, 0.29) is 0 Å². The average molecular weight is 370 g/mol. The molecule has 0 spiro atoms. The third-order valence-electron chi connectivity index (χ3n) is 3.28. The number of alkyl halides is 3. The molecule has 1 heterocycles. The normalized spacial score (nSPS) is 11.7. The van der Waals surface area contributed by atoms with Crippen molar-refractivity contribution in [2.24, 2.45) is 0 Å². The number of carbonyl (C=O) groups excluding carboxylic acids is 1. The molecular formula is C16H11Cl3N2O2. The van der Waals surface area contributed by atoms with Crippen molar-refractivity contribution < 1.29 is 9.21 Å². The number of aromatic nitrogens is 1. The van der Waals surface area contributed by atoms with E-state index in [9.17, 15) is 4.79 Å². The van der Waals surface area contributed by atoms with Gasteiger partial charge >= 0.3 is 0 Å². The minimum atomic E-state index is -2.03. The summed E-state index contributed by atoms with van der Waals surface area (Å²) in [6, 6.07) is 12.8. The van der Waals surface area contributed by atoms with E-state index in [4.69, 9.17) is 39.2 Å². The molecular weight excluding hydrogens is 359 g/mol. The molecule has 2 aromatic carbocycles. The summed E-state index contributed by atoms with van der Waals surface area (Å²) in [4.78, 5) is 16.1. The number of nitrogens with one attached hydrogen (secondary N) is 1. The van der Waals surface area contributed by atoms with Crippen molar-refractivity contribution in [2.45, 2.75) is 10.7 Å². The van der Waals surface area contributed by atoms with Gasteiger partial charge in [0.25, 0.3) is 9.70 Å². The molecule has 3 aromatic rings. The molecule has 23 heavy (non-hydrogen) atoms. The van der Waals surface area contributed by atoms with Crippen LogP contribution in [0, 0.1) is 6.92 Å². The lowest BCUT2D eigenvalue weighted by molar-refractivity contribution is -0.115. The van der Waals surface area contributed by atoms with Gasteiger partial charge in [-0.25, -0.2) is 4.98 Å². The topological polar surface area (TPSA) is 55.1 Å². The minimum absolute atomic E-state index is 0.460. The zero-order valence-electron chi connectivity index (χ0n) is 11.9. The van der Waals surface area contributed by atoms with E-state index in [1.165, 1.54) is 0 Å². The molecule has 118 valence electrons. The number of halogens is 3. The van der Waals surface area contributed by atoms with Crippen LogP contribution in [0.15, 0.2) is 46.9 Å². The largest absolute Gasteiger partial charge is 0.436 e. The van der Waals surface area contributed by atoms with E-state index >= 15 is 0 Å². The summed E-state index contributed by atoms with van der Waals surface area (Å²) in [5.41, 5.74) is 3.64. The fourth-order valence-electron chi connectivity index (χ4n) is 2.13. The van der Waals surface area contributed by atoms with Gasteiger partial charge in [-0.15, -0.1) is 0 Å². The Balaban J connectivity index is 1.96. The van der Waals surface area contributed by atoms with Gasteiger partial charge in [-0.1, -0.05) is 53.0 Å². The van der Waals surface area contributed by atoms with Crippen LogP contribution in [0.1, 0.15) is 5.56 Å². The first kappa shape index (κ1) is 16.1. The van der Waals surface area contributed by atoms with Gasteiger partial charge in [0.2, 0.25) is 5.89 Å². The molecule has 3 rings (SSSR count). The molecule has 0 aliphatic heterocycles. The van der Waals surface area contributed by atoms with Gasteiger partial charge in [0.05, 0.1) is 0 Å². The van der Waals surface area contributed by atoms with Crippen LogP contribution in [0.25, 0.3) is 22.6 Å². The lowest BCUT2D eigenvalue weighted by Crippen LogP contribution is -2.26. The molecule has 0 atom stereocenters. The van der Waals surface area contributed by atoms with Crippen molar-refractivity contribution in [3.63, 3.8) is 0 Å². The zero-order chi connectivity index (χ0) is 16.6. The maximum Gasteiger partial charge on any atom is 0.276 e. The zero-order valence-corrected chi connectivity index (χ0v) is 14.2. The van der Waals surface area contributed by atoms with Gasteiger partial charge in [-0.05, 0) is 30.7 Å². The predicted octanol–water partition coefficient (Wildman–Crippen LogP) is 5.11. The number of benzene rings is 2. The molecule has 0 aliphatic rings. The van der Waals surface area contributed by atoms with Gasteiger partial charge in [0.1, 0.15) is 5.52 Å². The minimum Gasteiger partial charge on any atom is -0.436 e. The number of aryl methyl sites for hydroxylation is 1. The van der Waals surface area contributed by atoms with Crippen LogP contribution in [-0.4, -0.2) is 14.7 Å². The maximum atomic E-state index is 11.7. The third-order valence-corrected chi connectivity index (χ3v) is 3.79. The number of hydrogen-bond donors (Lipinski definition) is 1. The maximum absolute atomic E-state index is 11.7. The summed E-state index contributed by atoms with van der Waals surface area (Å²) in [5, 5.41) is 2.51. The fraction of sp³-hybridized carbons (Fsp3) is 0.125. The number of nitrogens with zero attached hydrogens (tertiary/aromatic N) is 1. The number of oxazole rings is 1. The van der Waals surface area contributed by atoms with Crippen molar-refractivity contribution in [3.8, 4) is 11.5 Å². The SMILES string of the molecule is Cc1ccccc1-c1nc2ccc(NC(=O)C(Cl)(Cl)Cl)cc2o1. The molecule has 0 unspecified atom stereocenters. The highest BCUT2D eigenvalue weighted by Gasteiger charge is 2.30. The summed E-state index contributed by atoms with van der Waals surface area (Å²) in [5.74, 6) is -0.219. The Kier molecular flexibility index (Phi) is 4.23. The summed E-state index contributed by atoms with van der Waals surface area (Å²) in [6.45, 7) is 1.98. The number of hydrogen-bond acceptors (Lipinski definition) is 3. The fourth-order valence-corrected chi connectivity index (χ4v) is 2.27. The summed E-state index contributed by atoms with van der Waals surface area (Å²) >= 11 is 16.6. The van der Waals surface area contributed by atoms with Crippen molar-refractivity contribution >= 4 is 57.5 Å². The molecule has 0 saturated heterocycles. The molecule has 0 aliphatic carbocycles. The van der Waals surface area contributed by atoms with Crippen LogP contribution in [0.4, 0.5) is 5.69 Å². The standard InChI is InChI=1S/C16H11Cl3N2O2/c1-9-4-2-3-5-11(9)14-21-12-7-6-10(8-13(12)23-14)20-15(22)16(17,18)19/h2-8H,1H3,(H,20,22). The second-order valence-electron chi connectivity index (χ2n) is 4.97. The van der Waals surface area contributed by atoms with E-state index in [0.717, 1.165) is 11.1 Å². The summed E-state index contributed by atoms with van der Waals surface area (Å²) in [7, 11) is 0. The molecule has 1 amide bonds. The Morgan fingerprint density at radius 1 is 1.17 bits per heavy atom. The number of amides is 1. The van der Waals surface area contributed by atoms with Gasteiger partial charge < -0.3 is 9.73 Å². The second-order valence-corrected chi connectivity index (χ2v) is 7.25. The van der Waals surface area contributed by atoms with Gasteiger partial charge in [-0.3, -0.25) is 4.79 Å². The average Bonchev–Trinajstić information content (AvgIpc) is 2.89. The van der Waals surface area contributed by atoms with Crippen LogP contribution >= 0.6 is 34.8 Å². The number of rotatable bonds is 2. The Hall–Kier alpha value is -1.75. The quantitative estimate of drug-likeness (QED) is 0.638. The van der Waals surface area contributed by atoms with E-state index in [1.807, 2.05) is 31.2 Å². The first-order chi connectivity index (χ1) is 10.8. The van der Waals surface area contributed by atoms with Crippen molar-refractivity contribution in [1.29, 1.82) is 0 Å². The highest BCUT2D eigenvalue weighted by atomic mass is 35.6. The van der Waals surface area contributed by atoms with E-state index in [0.29, 0.717) is 22.7 Å². The number of fused-ring (bicyclic) bond motifs is 1.